The molecule has 2 rings (SSSR count). The van der Waals surface area contributed by atoms with Gasteiger partial charge >= 0.3 is 0 Å². The van der Waals surface area contributed by atoms with Crippen LogP contribution >= 0.6 is 0 Å². The van der Waals surface area contributed by atoms with Gasteiger partial charge in [0.25, 0.3) is 0 Å². The van der Waals surface area contributed by atoms with Gasteiger partial charge in [-0.25, -0.2) is 5.06 Å². The van der Waals surface area contributed by atoms with E-state index in [1.165, 1.54) is 5.06 Å². The fraction of sp³-hybridized carbons (Fsp3) is 0.917. The number of amides is 1. The van der Waals surface area contributed by atoms with Gasteiger partial charge < -0.3 is 9.47 Å². The summed E-state index contributed by atoms with van der Waals surface area (Å²) in [6.45, 7) is 2.40. The second kappa shape index (κ2) is 6.93. The second-order valence-electron chi connectivity index (χ2n) is 4.45. The van der Waals surface area contributed by atoms with E-state index in [1.54, 1.807) is 0 Å². The van der Waals surface area contributed by atoms with Crippen molar-refractivity contribution < 1.29 is 19.1 Å². The van der Waals surface area contributed by atoms with Gasteiger partial charge in [0.1, 0.15) is 0 Å². The van der Waals surface area contributed by atoms with Crippen LogP contribution in [0.2, 0.25) is 0 Å². The van der Waals surface area contributed by atoms with Crippen LogP contribution in [0.1, 0.15) is 38.5 Å². The fourth-order valence-electron chi connectivity index (χ4n) is 2.09. The summed E-state index contributed by atoms with van der Waals surface area (Å²) in [5.41, 5.74) is 0. The topological polar surface area (TPSA) is 48.0 Å². The van der Waals surface area contributed by atoms with Gasteiger partial charge in [0, 0.05) is 19.6 Å². The van der Waals surface area contributed by atoms with Crippen molar-refractivity contribution in [3.05, 3.63) is 0 Å². The molecule has 17 heavy (non-hydrogen) atoms. The normalized spacial score (nSPS) is 26.2. The first-order chi connectivity index (χ1) is 8.36. The SMILES string of the molecule is O=C1CCCCN1OCCOC1CCCCO1. The molecule has 0 aromatic heterocycles. The van der Waals surface area contributed by atoms with Gasteiger partial charge in [-0.1, -0.05) is 0 Å². The Morgan fingerprint density at radius 3 is 2.94 bits per heavy atom. The van der Waals surface area contributed by atoms with Crippen molar-refractivity contribution in [2.45, 2.75) is 44.8 Å². The van der Waals surface area contributed by atoms with Crippen LogP contribution in [0, 0.1) is 0 Å². The highest BCUT2D eigenvalue weighted by atomic mass is 16.7. The quantitative estimate of drug-likeness (QED) is 0.686. The van der Waals surface area contributed by atoms with E-state index in [1.807, 2.05) is 0 Å². The molecule has 0 saturated carbocycles. The standard InChI is InChI=1S/C12H21NO4/c14-11-5-1-3-7-13(11)17-10-9-16-12-6-2-4-8-15-12/h12H,1-10H2. The van der Waals surface area contributed by atoms with Crippen molar-refractivity contribution in [1.29, 1.82) is 0 Å². The fourth-order valence-corrected chi connectivity index (χ4v) is 2.09. The summed E-state index contributed by atoms with van der Waals surface area (Å²) in [4.78, 5) is 16.8. The molecule has 2 saturated heterocycles. The number of hydrogen-bond acceptors (Lipinski definition) is 4. The van der Waals surface area contributed by atoms with Crippen molar-refractivity contribution in [1.82, 2.24) is 5.06 Å². The average Bonchev–Trinajstić information content (AvgIpc) is 2.38. The molecule has 1 atom stereocenters. The van der Waals surface area contributed by atoms with Crippen LogP contribution in [0.4, 0.5) is 0 Å². The van der Waals surface area contributed by atoms with Crippen LogP contribution < -0.4 is 0 Å². The molecule has 1 amide bonds. The molecule has 0 radical (unpaired) electrons. The Bertz CT molecular complexity index is 241. The molecule has 2 heterocycles. The Hall–Kier alpha value is -0.650. The van der Waals surface area contributed by atoms with Crippen LogP contribution in [0.3, 0.4) is 0 Å². The zero-order chi connectivity index (χ0) is 11.9. The van der Waals surface area contributed by atoms with Crippen molar-refractivity contribution in [3.8, 4) is 0 Å². The lowest BCUT2D eigenvalue weighted by molar-refractivity contribution is -0.211. The third-order valence-corrected chi connectivity index (χ3v) is 3.05. The van der Waals surface area contributed by atoms with Gasteiger partial charge in [-0.2, -0.15) is 0 Å². The number of carbonyl (C=O) groups is 1. The third kappa shape index (κ3) is 4.26. The van der Waals surface area contributed by atoms with Crippen molar-refractivity contribution in [3.63, 3.8) is 0 Å². The molecule has 0 aromatic carbocycles. The highest BCUT2D eigenvalue weighted by Crippen LogP contribution is 2.14. The molecule has 5 nitrogen and oxygen atoms in total. The van der Waals surface area contributed by atoms with Crippen LogP contribution in [0.25, 0.3) is 0 Å². The molecular weight excluding hydrogens is 222 g/mol. The summed E-state index contributed by atoms with van der Waals surface area (Å²) in [6.07, 6.45) is 5.78. The lowest BCUT2D eigenvalue weighted by Crippen LogP contribution is -2.36. The minimum atomic E-state index is -0.0793. The molecule has 2 fully saturated rings. The first-order valence-electron chi connectivity index (χ1n) is 6.53. The first kappa shape index (κ1) is 12.8. The van der Waals surface area contributed by atoms with E-state index in [0.717, 1.165) is 38.7 Å². The zero-order valence-electron chi connectivity index (χ0n) is 10.2. The van der Waals surface area contributed by atoms with E-state index in [4.69, 9.17) is 14.3 Å². The average molecular weight is 243 g/mol. The molecule has 2 aliphatic rings. The Labute approximate surface area is 102 Å². The van der Waals surface area contributed by atoms with E-state index >= 15 is 0 Å². The number of piperidine rings is 1. The maximum Gasteiger partial charge on any atom is 0.246 e. The number of rotatable bonds is 5. The molecule has 0 spiro atoms. The molecular formula is C12H21NO4. The van der Waals surface area contributed by atoms with Crippen molar-refractivity contribution >= 4 is 5.91 Å². The Morgan fingerprint density at radius 1 is 1.24 bits per heavy atom. The first-order valence-corrected chi connectivity index (χ1v) is 6.53. The van der Waals surface area contributed by atoms with E-state index < -0.39 is 0 Å². The Balaban J connectivity index is 1.54. The van der Waals surface area contributed by atoms with Gasteiger partial charge in [-0.15, -0.1) is 0 Å². The van der Waals surface area contributed by atoms with Crippen LogP contribution in [-0.4, -0.2) is 43.6 Å². The van der Waals surface area contributed by atoms with E-state index in [2.05, 4.69) is 0 Å². The Morgan fingerprint density at radius 2 is 2.18 bits per heavy atom. The Kier molecular flexibility index (Phi) is 5.22. The molecule has 1 unspecified atom stereocenters. The van der Waals surface area contributed by atoms with E-state index in [-0.39, 0.29) is 12.2 Å². The lowest BCUT2D eigenvalue weighted by atomic mass is 10.2. The number of hydroxylamine groups is 2. The number of hydrogen-bond donors (Lipinski definition) is 0. The van der Waals surface area contributed by atoms with Gasteiger partial charge in [-0.05, 0) is 32.1 Å². The highest BCUT2D eigenvalue weighted by molar-refractivity contribution is 5.75. The summed E-state index contributed by atoms with van der Waals surface area (Å²) < 4.78 is 11.0. The largest absolute Gasteiger partial charge is 0.353 e. The molecule has 0 bridgehead atoms. The highest BCUT2D eigenvalue weighted by Gasteiger charge is 2.19. The molecule has 0 N–H and O–H groups in total. The predicted molar refractivity (Wildman–Crippen MR) is 61.1 cm³/mol. The van der Waals surface area contributed by atoms with Crippen LogP contribution in [0.5, 0.6) is 0 Å². The lowest BCUT2D eigenvalue weighted by Gasteiger charge is -2.26. The van der Waals surface area contributed by atoms with Gasteiger partial charge in [0.05, 0.1) is 13.2 Å². The molecule has 98 valence electrons. The number of ether oxygens (including phenoxy) is 2. The summed E-state index contributed by atoms with van der Waals surface area (Å²) in [5.74, 6) is 0.0881. The van der Waals surface area contributed by atoms with Crippen LogP contribution in [0.15, 0.2) is 0 Å². The van der Waals surface area contributed by atoms with Gasteiger partial charge in [0.2, 0.25) is 5.91 Å². The number of carbonyl (C=O) groups excluding carboxylic acids is 1. The summed E-state index contributed by atoms with van der Waals surface area (Å²) in [5, 5.41) is 1.47. The third-order valence-electron chi connectivity index (χ3n) is 3.05. The maximum absolute atomic E-state index is 11.4. The monoisotopic (exact) mass is 243 g/mol. The van der Waals surface area contributed by atoms with Gasteiger partial charge in [0.15, 0.2) is 6.29 Å². The minimum Gasteiger partial charge on any atom is -0.353 e. The second-order valence-corrected chi connectivity index (χ2v) is 4.45. The summed E-state index contributed by atoms with van der Waals surface area (Å²) in [6, 6.07) is 0. The van der Waals surface area contributed by atoms with Crippen molar-refractivity contribution in [2.24, 2.45) is 0 Å². The van der Waals surface area contributed by atoms with Gasteiger partial charge in [-0.3, -0.25) is 9.63 Å². The van der Waals surface area contributed by atoms with Crippen molar-refractivity contribution in [2.75, 3.05) is 26.4 Å². The maximum atomic E-state index is 11.4. The molecule has 0 aromatic rings. The number of nitrogens with zero attached hydrogens (tertiary/aromatic N) is 1. The van der Waals surface area contributed by atoms with E-state index in [0.29, 0.717) is 26.2 Å². The summed E-state index contributed by atoms with van der Waals surface area (Å²) >= 11 is 0. The van der Waals surface area contributed by atoms with Crippen LogP contribution in [-0.2, 0) is 19.1 Å². The minimum absolute atomic E-state index is 0.0793. The zero-order valence-corrected chi connectivity index (χ0v) is 10.2. The molecule has 0 aliphatic carbocycles. The predicted octanol–water partition coefficient (Wildman–Crippen LogP) is 1.47. The van der Waals surface area contributed by atoms with E-state index in [9.17, 15) is 4.79 Å². The smallest absolute Gasteiger partial charge is 0.246 e. The molecule has 2 aliphatic heterocycles. The summed E-state index contributed by atoms with van der Waals surface area (Å²) in [7, 11) is 0. The molecule has 5 heteroatoms.